The number of rotatable bonds is 4. The summed E-state index contributed by atoms with van der Waals surface area (Å²) in [5, 5.41) is 0.440. The molecule has 0 fully saturated rings. The molecule has 0 radical (unpaired) electrons. The van der Waals surface area contributed by atoms with Crippen LogP contribution in [0.2, 0.25) is 0 Å². The summed E-state index contributed by atoms with van der Waals surface area (Å²) in [4.78, 5) is 37.9. The lowest BCUT2D eigenvalue weighted by Gasteiger charge is -2.12. The molecule has 2 heterocycles. The second-order valence-electron chi connectivity index (χ2n) is 5.32. The zero-order valence-corrected chi connectivity index (χ0v) is 13.4. The summed E-state index contributed by atoms with van der Waals surface area (Å²) in [5.41, 5.74) is 1.98. The minimum absolute atomic E-state index is 0.0804. The summed E-state index contributed by atoms with van der Waals surface area (Å²) in [6.07, 6.45) is 1.48. The van der Waals surface area contributed by atoms with Gasteiger partial charge in [0, 0.05) is 17.3 Å². The van der Waals surface area contributed by atoms with Gasteiger partial charge in [0.1, 0.15) is 5.56 Å². The quantitative estimate of drug-likeness (QED) is 0.545. The molecule has 2 aromatic heterocycles. The third-order valence-corrected chi connectivity index (χ3v) is 3.64. The summed E-state index contributed by atoms with van der Waals surface area (Å²) in [5.74, 6) is -0.820. The zero-order valence-electron chi connectivity index (χ0n) is 13.4. The molecule has 0 spiro atoms. The van der Waals surface area contributed by atoms with Crippen molar-refractivity contribution in [1.29, 1.82) is 0 Å². The number of nitrogens with zero attached hydrogens (tertiary/aromatic N) is 2. The highest BCUT2D eigenvalue weighted by Crippen LogP contribution is 2.14. The molecule has 24 heavy (non-hydrogen) atoms. The number of aryl methyl sites for hydroxylation is 1. The van der Waals surface area contributed by atoms with Gasteiger partial charge in [-0.2, -0.15) is 4.89 Å². The van der Waals surface area contributed by atoms with Gasteiger partial charge in [0.25, 0.3) is 0 Å². The molecule has 1 aromatic carbocycles. The lowest BCUT2D eigenvalue weighted by Crippen LogP contribution is -2.21. The van der Waals surface area contributed by atoms with Gasteiger partial charge in [0.05, 0.1) is 24.9 Å². The second-order valence-corrected chi connectivity index (χ2v) is 5.32. The molecule has 0 aliphatic carbocycles. The van der Waals surface area contributed by atoms with Crippen LogP contribution in [-0.4, -0.2) is 22.6 Å². The largest absolute Gasteiger partial charge is 0.378 e. The fraction of sp³-hybridized carbons (Fsp3) is 0.167. The van der Waals surface area contributed by atoms with Gasteiger partial charge in [-0.1, -0.05) is 18.2 Å². The molecule has 0 N–H and O–H groups in total. The van der Waals surface area contributed by atoms with Crippen molar-refractivity contribution in [2.45, 2.75) is 13.5 Å². The molecular weight excluding hydrogens is 308 g/mol. The Balaban J connectivity index is 2.17. The first-order valence-electron chi connectivity index (χ1n) is 7.40. The molecule has 0 saturated heterocycles. The number of fused-ring (bicyclic) bond motifs is 1. The number of para-hydroxylation sites is 1. The van der Waals surface area contributed by atoms with Crippen molar-refractivity contribution in [3.05, 3.63) is 75.8 Å². The molecule has 0 saturated carbocycles. The molecule has 0 bridgehead atoms. The monoisotopic (exact) mass is 324 g/mol. The van der Waals surface area contributed by atoms with E-state index >= 15 is 0 Å². The van der Waals surface area contributed by atoms with E-state index in [0.717, 1.165) is 16.9 Å². The highest BCUT2D eigenvalue weighted by Gasteiger charge is 2.17. The molecule has 0 unspecified atom stereocenters. The van der Waals surface area contributed by atoms with E-state index in [2.05, 4.69) is 14.8 Å². The van der Waals surface area contributed by atoms with Crippen LogP contribution in [-0.2, 0) is 16.3 Å². The Bertz CT molecular complexity index is 963. The van der Waals surface area contributed by atoms with Gasteiger partial charge in [-0.05, 0) is 31.2 Å². The molecule has 6 heteroatoms. The predicted octanol–water partition coefficient (Wildman–Crippen LogP) is 2.47. The fourth-order valence-corrected chi connectivity index (χ4v) is 2.60. The summed E-state index contributed by atoms with van der Waals surface area (Å²) in [6.45, 7) is 2.34. The lowest BCUT2D eigenvalue weighted by molar-refractivity contribution is -0.216. The van der Waals surface area contributed by atoms with Crippen LogP contribution in [0.15, 0.2) is 53.5 Å². The molecular formula is C18H16N2O4. The van der Waals surface area contributed by atoms with Gasteiger partial charge >= 0.3 is 5.97 Å². The smallest absolute Gasteiger partial charge is 0.340 e. The second kappa shape index (κ2) is 6.64. The fourth-order valence-electron chi connectivity index (χ4n) is 2.60. The minimum Gasteiger partial charge on any atom is -0.340 e. The topological polar surface area (TPSA) is 70.4 Å². The maximum absolute atomic E-state index is 12.5. The van der Waals surface area contributed by atoms with E-state index in [1.54, 1.807) is 12.1 Å². The Kier molecular flexibility index (Phi) is 4.39. The maximum atomic E-state index is 12.5. The summed E-state index contributed by atoms with van der Waals surface area (Å²) in [6, 6.07) is 12.8. The van der Waals surface area contributed by atoms with Crippen LogP contribution in [0.4, 0.5) is 0 Å². The summed E-state index contributed by atoms with van der Waals surface area (Å²) < 4.78 is 1.81. The molecule has 3 rings (SSSR count). The maximum Gasteiger partial charge on any atom is 0.378 e. The van der Waals surface area contributed by atoms with E-state index in [1.165, 1.54) is 13.3 Å². The third kappa shape index (κ3) is 3.04. The van der Waals surface area contributed by atoms with Crippen molar-refractivity contribution >= 4 is 16.9 Å². The molecule has 0 amide bonds. The van der Waals surface area contributed by atoms with Gasteiger partial charge in [0.15, 0.2) is 0 Å². The van der Waals surface area contributed by atoms with Crippen molar-refractivity contribution in [3.63, 3.8) is 0 Å². The Labute approximate surface area is 138 Å². The van der Waals surface area contributed by atoms with Crippen molar-refractivity contribution in [2.75, 3.05) is 7.11 Å². The molecule has 0 aliphatic heterocycles. The zero-order chi connectivity index (χ0) is 17.1. The van der Waals surface area contributed by atoms with Crippen molar-refractivity contribution in [1.82, 2.24) is 9.55 Å². The summed E-state index contributed by atoms with van der Waals surface area (Å²) in [7, 11) is 1.22. The Morgan fingerprint density at radius 2 is 1.96 bits per heavy atom. The lowest BCUT2D eigenvalue weighted by atomic mass is 10.1. The van der Waals surface area contributed by atoms with Gasteiger partial charge in [0.2, 0.25) is 5.43 Å². The standard InChI is InChI=1S/C18H16N2O4/c1-12-6-5-7-13(19-12)10-20-11-15(18(22)24-23-2)17(21)14-8-3-4-9-16(14)20/h3-9,11H,10H2,1-2H3. The van der Waals surface area contributed by atoms with Crippen LogP contribution < -0.4 is 5.43 Å². The van der Waals surface area contributed by atoms with Gasteiger partial charge in [-0.25, -0.2) is 4.79 Å². The van der Waals surface area contributed by atoms with E-state index in [0.29, 0.717) is 11.9 Å². The van der Waals surface area contributed by atoms with Crippen LogP contribution in [0.3, 0.4) is 0 Å². The molecule has 6 nitrogen and oxygen atoms in total. The number of pyridine rings is 2. The minimum atomic E-state index is -0.820. The van der Waals surface area contributed by atoms with E-state index in [-0.39, 0.29) is 11.0 Å². The first kappa shape index (κ1) is 15.9. The summed E-state index contributed by atoms with van der Waals surface area (Å²) >= 11 is 0. The van der Waals surface area contributed by atoms with Crippen molar-refractivity contribution < 1.29 is 14.6 Å². The van der Waals surface area contributed by atoms with Crippen LogP contribution >= 0.6 is 0 Å². The first-order chi connectivity index (χ1) is 11.6. The highest BCUT2D eigenvalue weighted by atomic mass is 17.2. The predicted molar refractivity (Wildman–Crippen MR) is 88.7 cm³/mol. The van der Waals surface area contributed by atoms with E-state index < -0.39 is 5.97 Å². The number of aromatic nitrogens is 2. The third-order valence-electron chi connectivity index (χ3n) is 3.64. The van der Waals surface area contributed by atoms with E-state index in [1.807, 2.05) is 41.8 Å². The van der Waals surface area contributed by atoms with Gasteiger partial charge < -0.3 is 4.57 Å². The number of carbonyl (C=O) groups excluding carboxylic acids is 1. The Morgan fingerprint density at radius 1 is 1.17 bits per heavy atom. The number of benzene rings is 1. The van der Waals surface area contributed by atoms with Crippen molar-refractivity contribution in [3.8, 4) is 0 Å². The normalized spacial score (nSPS) is 10.8. The average Bonchev–Trinajstić information content (AvgIpc) is 2.58. The SMILES string of the molecule is COOC(=O)c1cn(Cc2cccc(C)n2)c2ccccc2c1=O. The highest BCUT2D eigenvalue weighted by molar-refractivity contribution is 5.93. The number of hydrogen-bond acceptors (Lipinski definition) is 5. The number of carbonyl (C=O) groups is 1. The first-order valence-corrected chi connectivity index (χ1v) is 7.40. The molecule has 122 valence electrons. The van der Waals surface area contributed by atoms with Crippen LogP contribution in [0.25, 0.3) is 10.9 Å². The van der Waals surface area contributed by atoms with Crippen LogP contribution in [0.1, 0.15) is 21.7 Å². The average molecular weight is 324 g/mol. The van der Waals surface area contributed by atoms with Crippen molar-refractivity contribution in [2.24, 2.45) is 0 Å². The van der Waals surface area contributed by atoms with Crippen LogP contribution in [0, 0.1) is 6.92 Å². The Morgan fingerprint density at radius 3 is 2.71 bits per heavy atom. The Hall–Kier alpha value is -2.99. The molecule has 3 aromatic rings. The number of hydrogen-bond donors (Lipinski definition) is 0. The van der Waals surface area contributed by atoms with E-state index in [4.69, 9.17) is 0 Å². The molecule has 0 aliphatic rings. The van der Waals surface area contributed by atoms with E-state index in [9.17, 15) is 9.59 Å². The van der Waals surface area contributed by atoms with Crippen LogP contribution in [0.5, 0.6) is 0 Å². The van der Waals surface area contributed by atoms with Gasteiger partial charge in [-0.15, -0.1) is 0 Å². The van der Waals surface area contributed by atoms with Gasteiger partial charge in [-0.3, -0.25) is 14.7 Å². The molecule has 0 atom stereocenters.